The molecule has 0 radical (unpaired) electrons. The Bertz CT molecular complexity index is 303. The third-order valence-corrected chi connectivity index (χ3v) is 4.21. The average molecular weight is 283 g/mol. The molecule has 1 amide bonds. The van der Waals surface area contributed by atoms with Gasteiger partial charge in [0, 0.05) is 31.7 Å². The van der Waals surface area contributed by atoms with E-state index in [1.165, 1.54) is 19.3 Å². The van der Waals surface area contributed by atoms with Gasteiger partial charge in [0.15, 0.2) is 0 Å². The van der Waals surface area contributed by atoms with Crippen molar-refractivity contribution in [3.63, 3.8) is 0 Å². The zero-order valence-corrected chi connectivity index (χ0v) is 12.9. The molecule has 0 aromatic carbocycles. The summed E-state index contributed by atoms with van der Waals surface area (Å²) in [6.45, 7) is 9.84. The first-order valence-electron chi connectivity index (χ1n) is 8.00. The molecule has 1 unspecified atom stereocenters. The van der Waals surface area contributed by atoms with Gasteiger partial charge in [0.1, 0.15) is 0 Å². The number of likely N-dealkylation sites (tertiary alicyclic amines) is 1. The van der Waals surface area contributed by atoms with E-state index >= 15 is 0 Å². The maximum Gasteiger partial charge on any atom is 0.236 e. The van der Waals surface area contributed by atoms with Crippen molar-refractivity contribution in [2.75, 3.05) is 45.9 Å². The molecule has 2 rings (SSSR count). The van der Waals surface area contributed by atoms with Crippen LogP contribution in [0.25, 0.3) is 0 Å². The average Bonchev–Trinajstić information content (AvgIpc) is 2.47. The van der Waals surface area contributed by atoms with E-state index in [1.54, 1.807) is 0 Å². The topological polar surface area (TPSA) is 44.8 Å². The first kappa shape index (κ1) is 15.7. The fraction of sp³-hybridized carbons (Fsp3) is 0.933. The van der Waals surface area contributed by atoms with Gasteiger partial charge < -0.3 is 15.0 Å². The smallest absolute Gasteiger partial charge is 0.236 e. The van der Waals surface area contributed by atoms with Crippen LogP contribution in [0.4, 0.5) is 0 Å². The lowest BCUT2D eigenvalue weighted by Gasteiger charge is -2.37. The van der Waals surface area contributed by atoms with Gasteiger partial charge in [-0.25, -0.2) is 0 Å². The normalized spacial score (nSPS) is 25.1. The molecule has 1 atom stereocenters. The molecule has 0 aromatic rings. The Morgan fingerprint density at radius 3 is 2.70 bits per heavy atom. The van der Waals surface area contributed by atoms with Crippen molar-refractivity contribution >= 4 is 5.91 Å². The minimum absolute atomic E-state index is 0.268. The molecule has 2 aliphatic rings. The number of hydrogen-bond donors (Lipinski definition) is 1. The number of nitrogens with one attached hydrogen (secondary N) is 1. The summed E-state index contributed by atoms with van der Waals surface area (Å²) in [6, 6.07) is 1.02. The summed E-state index contributed by atoms with van der Waals surface area (Å²) in [5.74, 6) is 0.268. The van der Waals surface area contributed by atoms with Crippen molar-refractivity contribution in [2.45, 2.75) is 45.2 Å². The van der Waals surface area contributed by atoms with Crippen molar-refractivity contribution in [1.82, 2.24) is 15.1 Å². The molecule has 2 saturated heterocycles. The molecule has 2 heterocycles. The van der Waals surface area contributed by atoms with Crippen LogP contribution >= 0.6 is 0 Å². The second-order valence-electron chi connectivity index (χ2n) is 6.18. The highest BCUT2D eigenvalue weighted by molar-refractivity contribution is 5.78. The van der Waals surface area contributed by atoms with Gasteiger partial charge in [-0.15, -0.1) is 0 Å². The van der Waals surface area contributed by atoms with Gasteiger partial charge in [-0.05, 0) is 19.4 Å². The minimum Gasteiger partial charge on any atom is -0.378 e. The predicted molar refractivity (Wildman–Crippen MR) is 79.7 cm³/mol. The number of morpholine rings is 1. The van der Waals surface area contributed by atoms with E-state index in [-0.39, 0.29) is 5.91 Å². The maximum absolute atomic E-state index is 12.4. The van der Waals surface area contributed by atoms with Crippen LogP contribution in [0.2, 0.25) is 0 Å². The summed E-state index contributed by atoms with van der Waals surface area (Å²) in [5, 5.41) is 3.51. The Labute approximate surface area is 122 Å². The molecule has 0 bridgehead atoms. The number of nitrogens with zero attached hydrogens (tertiary/aromatic N) is 2. The van der Waals surface area contributed by atoms with E-state index in [1.807, 2.05) is 4.90 Å². The number of ether oxygens (including phenoxy) is 1. The Balaban J connectivity index is 1.82. The first-order chi connectivity index (χ1) is 9.66. The standard InChI is InChI=1S/C15H29N3O2/c1-13(2)16-11-14-5-3-4-6-18(14)12-15(19)17-7-9-20-10-8-17/h13-14,16H,3-12H2,1-2H3. The Hall–Kier alpha value is -0.650. The lowest BCUT2D eigenvalue weighted by Crippen LogP contribution is -2.52. The number of carbonyl (C=O) groups excluding carboxylic acids is 1. The van der Waals surface area contributed by atoms with Gasteiger partial charge in [-0.3, -0.25) is 9.69 Å². The molecule has 1 N–H and O–H groups in total. The number of amides is 1. The van der Waals surface area contributed by atoms with Gasteiger partial charge in [-0.1, -0.05) is 20.3 Å². The molecule has 20 heavy (non-hydrogen) atoms. The number of rotatable bonds is 5. The molecule has 0 aromatic heterocycles. The van der Waals surface area contributed by atoms with Crippen LogP contribution in [0, 0.1) is 0 Å². The zero-order valence-electron chi connectivity index (χ0n) is 12.9. The fourth-order valence-electron chi connectivity index (χ4n) is 2.96. The van der Waals surface area contributed by atoms with Crippen molar-refractivity contribution in [3.8, 4) is 0 Å². The molecule has 0 spiro atoms. The molecule has 0 aliphatic carbocycles. The Morgan fingerprint density at radius 1 is 1.25 bits per heavy atom. The number of hydrogen-bond acceptors (Lipinski definition) is 4. The Morgan fingerprint density at radius 2 is 2.00 bits per heavy atom. The van der Waals surface area contributed by atoms with Gasteiger partial charge in [0.05, 0.1) is 19.8 Å². The third kappa shape index (κ3) is 4.72. The summed E-state index contributed by atoms with van der Waals surface area (Å²) in [6.07, 6.45) is 3.71. The molecule has 116 valence electrons. The van der Waals surface area contributed by atoms with Crippen molar-refractivity contribution in [1.29, 1.82) is 0 Å². The van der Waals surface area contributed by atoms with Crippen LogP contribution in [0.15, 0.2) is 0 Å². The molecule has 2 fully saturated rings. The van der Waals surface area contributed by atoms with E-state index in [0.717, 1.165) is 26.2 Å². The van der Waals surface area contributed by atoms with Crippen LogP contribution in [0.3, 0.4) is 0 Å². The summed E-state index contributed by atoms with van der Waals surface area (Å²) in [7, 11) is 0. The zero-order chi connectivity index (χ0) is 14.4. The van der Waals surface area contributed by atoms with Gasteiger partial charge in [0.25, 0.3) is 0 Å². The molecular formula is C15H29N3O2. The van der Waals surface area contributed by atoms with Gasteiger partial charge in [0.2, 0.25) is 5.91 Å². The largest absolute Gasteiger partial charge is 0.378 e. The molecule has 5 heteroatoms. The third-order valence-electron chi connectivity index (χ3n) is 4.21. The molecular weight excluding hydrogens is 254 g/mol. The van der Waals surface area contributed by atoms with Crippen LogP contribution in [-0.4, -0.2) is 73.7 Å². The maximum atomic E-state index is 12.4. The highest BCUT2D eigenvalue weighted by Gasteiger charge is 2.26. The first-order valence-corrected chi connectivity index (χ1v) is 8.00. The van der Waals surface area contributed by atoms with Crippen LogP contribution < -0.4 is 5.32 Å². The fourth-order valence-corrected chi connectivity index (χ4v) is 2.96. The van der Waals surface area contributed by atoms with Crippen LogP contribution in [0.1, 0.15) is 33.1 Å². The van der Waals surface area contributed by atoms with Crippen molar-refractivity contribution in [2.24, 2.45) is 0 Å². The minimum atomic E-state index is 0.268. The lowest BCUT2D eigenvalue weighted by molar-refractivity contribution is -0.137. The van der Waals surface area contributed by atoms with E-state index in [9.17, 15) is 4.79 Å². The molecule has 5 nitrogen and oxygen atoms in total. The summed E-state index contributed by atoms with van der Waals surface area (Å²) < 4.78 is 5.31. The van der Waals surface area contributed by atoms with E-state index in [0.29, 0.717) is 31.8 Å². The molecule has 0 saturated carbocycles. The summed E-state index contributed by atoms with van der Waals surface area (Å²) in [4.78, 5) is 16.7. The Kier molecular flexibility index (Phi) is 6.26. The monoisotopic (exact) mass is 283 g/mol. The quantitative estimate of drug-likeness (QED) is 0.807. The van der Waals surface area contributed by atoms with Crippen molar-refractivity contribution < 1.29 is 9.53 Å². The predicted octanol–water partition coefficient (Wildman–Crippen LogP) is 0.698. The van der Waals surface area contributed by atoms with E-state index < -0.39 is 0 Å². The van der Waals surface area contributed by atoms with Crippen LogP contribution in [-0.2, 0) is 9.53 Å². The summed E-state index contributed by atoms with van der Waals surface area (Å²) >= 11 is 0. The SMILES string of the molecule is CC(C)NCC1CCCCN1CC(=O)N1CCOCC1. The lowest BCUT2D eigenvalue weighted by atomic mass is 10.0. The summed E-state index contributed by atoms with van der Waals surface area (Å²) in [5.41, 5.74) is 0. The van der Waals surface area contributed by atoms with E-state index in [4.69, 9.17) is 4.74 Å². The second-order valence-corrected chi connectivity index (χ2v) is 6.18. The highest BCUT2D eigenvalue weighted by Crippen LogP contribution is 2.16. The van der Waals surface area contributed by atoms with Crippen LogP contribution in [0.5, 0.6) is 0 Å². The van der Waals surface area contributed by atoms with Gasteiger partial charge in [-0.2, -0.15) is 0 Å². The second kappa shape index (κ2) is 7.96. The number of carbonyl (C=O) groups is 1. The number of piperidine rings is 1. The van der Waals surface area contributed by atoms with Crippen molar-refractivity contribution in [3.05, 3.63) is 0 Å². The van der Waals surface area contributed by atoms with Gasteiger partial charge >= 0.3 is 0 Å². The van der Waals surface area contributed by atoms with E-state index in [2.05, 4.69) is 24.1 Å². The molecule has 2 aliphatic heterocycles. The highest BCUT2D eigenvalue weighted by atomic mass is 16.5.